The highest BCUT2D eigenvalue weighted by molar-refractivity contribution is 6.35. The molecule has 0 aromatic heterocycles. The van der Waals surface area contributed by atoms with Gasteiger partial charge in [0, 0.05) is 23.6 Å². The van der Waals surface area contributed by atoms with Crippen molar-refractivity contribution in [3.05, 3.63) is 33.8 Å². The van der Waals surface area contributed by atoms with E-state index in [1.54, 1.807) is 18.2 Å². The van der Waals surface area contributed by atoms with Gasteiger partial charge in [0.05, 0.1) is 5.02 Å². The van der Waals surface area contributed by atoms with Gasteiger partial charge in [0.25, 0.3) is 0 Å². The van der Waals surface area contributed by atoms with Gasteiger partial charge in [0.1, 0.15) is 0 Å². The number of likely N-dealkylation sites (tertiary alicyclic amines) is 1. The smallest absolute Gasteiger partial charge is 0.165 e. The lowest BCUT2D eigenvalue weighted by Gasteiger charge is -2.13. The average Bonchev–Trinajstić information content (AvgIpc) is 2.82. The van der Waals surface area contributed by atoms with Gasteiger partial charge in [-0.15, -0.1) is 0 Å². The Kier molecular flexibility index (Phi) is 4.43. The molecular weight excluding hydrogens is 257 g/mol. The highest BCUT2D eigenvalue weighted by Crippen LogP contribution is 2.22. The summed E-state index contributed by atoms with van der Waals surface area (Å²) in [5, 5.41) is 1.04. The molecule has 0 saturated carbocycles. The quantitative estimate of drug-likeness (QED) is 0.779. The minimum Gasteiger partial charge on any atom is -0.303 e. The van der Waals surface area contributed by atoms with Gasteiger partial charge in [-0.1, -0.05) is 23.2 Å². The van der Waals surface area contributed by atoms with Crippen LogP contribution in [-0.2, 0) is 0 Å². The van der Waals surface area contributed by atoms with E-state index >= 15 is 0 Å². The summed E-state index contributed by atoms with van der Waals surface area (Å²) in [7, 11) is 0. The number of hydrogen-bond acceptors (Lipinski definition) is 2. The lowest BCUT2D eigenvalue weighted by atomic mass is 10.1. The van der Waals surface area contributed by atoms with Gasteiger partial charge in [0.15, 0.2) is 5.78 Å². The molecule has 0 unspecified atom stereocenters. The fourth-order valence-corrected chi connectivity index (χ4v) is 2.51. The van der Waals surface area contributed by atoms with Crippen molar-refractivity contribution in [3.8, 4) is 0 Å². The third kappa shape index (κ3) is 3.44. The standard InChI is InChI=1S/C13H15Cl2NO/c14-10-3-4-12(15)11(9-10)13(17)5-8-16-6-1-2-7-16/h3-4,9H,1-2,5-8H2. The monoisotopic (exact) mass is 271 g/mol. The summed E-state index contributed by atoms with van der Waals surface area (Å²) in [6.45, 7) is 3.04. The topological polar surface area (TPSA) is 20.3 Å². The molecule has 0 amide bonds. The van der Waals surface area contributed by atoms with Crippen molar-refractivity contribution in [2.75, 3.05) is 19.6 Å². The van der Waals surface area contributed by atoms with Crippen molar-refractivity contribution >= 4 is 29.0 Å². The maximum Gasteiger partial charge on any atom is 0.165 e. The molecule has 1 aliphatic heterocycles. The molecule has 92 valence electrons. The van der Waals surface area contributed by atoms with Crippen LogP contribution in [-0.4, -0.2) is 30.3 Å². The van der Waals surface area contributed by atoms with Gasteiger partial charge in [-0.3, -0.25) is 4.79 Å². The van der Waals surface area contributed by atoms with E-state index < -0.39 is 0 Å². The molecule has 0 N–H and O–H groups in total. The van der Waals surface area contributed by atoms with Crippen LogP contribution in [0.2, 0.25) is 10.0 Å². The lowest BCUT2D eigenvalue weighted by molar-refractivity contribution is 0.0969. The van der Waals surface area contributed by atoms with E-state index in [0.29, 0.717) is 22.0 Å². The zero-order valence-electron chi connectivity index (χ0n) is 9.59. The van der Waals surface area contributed by atoms with Crippen LogP contribution in [0, 0.1) is 0 Å². The molecule has 1 aromatic rings. The zero-order chi connectivity index (χ0) is 12.3. The molecule has 4 heteroatoms. The normalized spacial score (nSPS) is 16.4. The zero-order valence-corrected chi connectivity index (χ0v) is 11.1. The van der Waals surface area contributed by atoms with Crippen LogP contribution in [0.1, 0.15) is 29.6 Å². The Morgan fingerprint density at radius 3 is 2.65 bits per heavy atom. The van der Waals surface area contributed by atoms with E-state index in [2.05, 4.69) is 4.90 Å². The van der Waals surface area contributed by atoms with Gasteiger partial charge in [-0.25, -0.2) is 0 Å². The Hall–Kier alpha value is -0.570. The highest BCUT2D eigenvalue weighted by atomic mass is 35.5. The van der Waals surface area contributed by atoms with Crippen molar-refractivity contribution < 1.29 is 4.79 Å². The molecule has 0 bridgehead atoms. The van der Waals surface area contributed by atoms with E-state index in [9.17, 15) is 4.79 Å². The molecule has 1 aromatic carbocycles. The highest BCUT2D eigenvalue weighted by Gasteiger charge is 2.15. The molecule has 1 saturated heterocycles. The maximum atomic E-state index is 12.0. The number of nitrogens with zero attached hydrogens (tertiary/aromatic N) is 1. The minimum absolute atomic E-state index is 0.0735. The molecule has 17 heavy (non-hydrogen) atoms. The first-order chi connectivity index (χ1) is 8.16. The second-order valence-corrected chi connectivity index (χ2v) is 5.19. The summed E-state index contributed by atoms with van der Waals surface area (Å²) >= 11 is 11.9. The molecule has 1 heterocycles. The van der Waals surface area contributed by atoms with Crippen molar-refractivity contribution in [1.82, 2.24) is 4.90 Å². The fraction of sp³-hybridized carbons (Fsp3) is 0.462. The van der Waals surface area contributed by atoms with E-state index in [0.717, 1.165) is 19.6 Å². The van der Waals surface area contributed by atoms with Crippen LogP contribution in [0.15, 0.2) is 18.2 Å². The van der Waals surface area contributed by atoms with Gasteiger partial charge >= 0.3 is 0 Å². The summed E-state index contributed by atoms with van der Waals surface area (Å²) in [5.74, 6) is 0.0735. The van der Waals surface area contributed by atoms with Crippen LogP contribution >= 0.6 is 23.2 Å². The van der Waals surface area contributed by atoms with E-state index in [1.165, 1.54) is 12.8 Å². The largest absolute Gasteiger partial charge is 0.303 e. The van der Waals surface area contributed by atoms with Gasteiger partial charge in [-0.05, 0) is 44.1 Å². The number of hydrogen-bond donors (Lipinski definition) is 0. The second-order valence-electron chi connectivity index (χ2n) is 4.35. The van der Waals surface area contributed by atoms with Crippen LogP contribution in [0.25, 0.3) is 0 Å². The summed E-state index contributed by atoms with van der Waals surface area (Å²) in [5.41, 5.74) is 0.540. The molecule has 0 atom stereocenters. The molecule has 1 fully saturated rings. The first kappa shape index (κ1) is 12.9. The Morgan fingerprint density at radius 1 is 1.24 bits per heavy atom. The molecule has 2 rings (SSSR count). The number of ketones is 1. The predicted octanol–water partition coefficient (Wildman–Crippen LogP) is 3.66. The molecule has 0 radical (unpaired) electrons. The maximum absolute atomic E-state index is 12.0. The Labute approximate surface area is 112 Å². The van der Waals surface area contributed by atoms with Gasteiger partial charge in [-0.2, -0.15) is 0 Å². The van der Waals surface area contributed by atoms with Crippen molar-refractivity contribution in [2.24, 2.45) is 0 Å². The van der Waals surface area contributed by atoms with Crippen LogP contribution in [0.3, 0.4) is 0 Å². The average molecular weight is 272 g/mol. The molecule has 2 nitrogen and oxygen atoms in total. The number of benzene rings is 1. The molecule has 0 aliphatic carbocycles. The number of carbonyl (C=O) groups excluding carboxylic acids is 1. The predicted molar refractivity (Wildman–Crippen MR) is 71.1 cm³/mol. The summed E-state index contributed by atoms with van der Waals surface area (Å²) in [6, 6.07) is 5.02. The summed E-state index contributed by atoms with van der Waals surface area (Å²) in [4.78, 5) is 14.3. The van der Waals surface area contributed by atoms with Gasteiger partial charge in [0.2, 0.25) is 0 Å². The SMILES string of the molecule is O=C(CCN1CCCC1)c1cc(Cl)ccc1Cl. The van der Waals surface area contributed by atoms with Crippen LogP contribution in [0.4, 0.5) is 0 Å². The summed E-state index contributed by atoms with van der Waals surface area (Å²) in [6.07, 6.45) is 3.00. The number of halogens is 2. The third-order valence-electron chi connectivity index (χ3n) is 3.08. The minimum atomic E-state index is 0.0735. The first-order valence-corrected chi connectivity index (χ1v) is 6.63. The number of rotatable bonds is 4. The Morgan fingerprint density at radius 2 is 1.94 bits per heavy atom. The van der Waals surface area contributed by atoms with Crippen molar-refractivity contribution in [3.63, 3.8) is 0 Å². The fourth-order valence-electron chi connectivity index (χ4n) is 2.11. The summed E-state index contributed by atoms with van der Waals surface area (Å²) < 4.78 is 0. The third-order valence-corrected chi connectivity index (χ3v) is 3.65. The lowest BCUT2D eigenvalue weighted by Crippen LogP contribution is -2.22. The molecule has 0 spiro atoms. The van der Waals surface area contributed by atoms with Crippen LogP contribution < -0.4 is 0 Å². The number of carbonyl (C=O) groups is 1. The second kappa shape index (κ2) is 5.85. The van der Waals surface area contributed by atoms with Crippen molar-refractivity contribution in [1.29, 1.82) is 0 Å². The van der Waals surface area contributed by atoms with E-state index in [-0.39, 0.29) is 5.78 Å². The Bertz CT molecular complexity index is 414. The molecule has 1 aliphatic rings. The Balaban J connectivity index is 1.96. The van der Waals surface area contributed by atoms with E-state index in [1.807, 2.05) is 0 Å². The van der Waals surface area contributed by atoms with Crippen LogP contribution in [0.5, 0.6) is 0 Å². The van der Waals surface area contributed by atoms with E-state index in [4.69, 9.17) is 23.2 Å². The number of Topliss-reactive ketones (excluding diaryl/α,β-unsaturated/α-hetero) is 1. The first-order valence-electron chi connectivity index (χ1n) is 5.87. The van der Waals surface area contributed by atoms with Gasteiger partial charge < -0.3 is 4.90 Å². The molecular formula is C13H15Cl2NO. The van der Waals surface area contributed by atoms with Crippen molar-refractivity contribution in [2.45, 2.75) is 19.3 Å².